The van der Waals surface area contributed by atoms with Crippen LogP contribution in [0, 0.1) is 6.92 Å². The zero-order valence-electron chi connectivity index (χ0n) is 11.4. The summed E-state index contributed by atoms with van der Waals surface area (Å²) >= 11 is 3.22. The van der Waals surface area contributed by atoms with Crippen LogP contribution in [0.5, 0.6) is 0 Å². The molecule has 0 radical (unpaired) electrons. The molecule has 0 bridgehead atoms. The highest BCUT2D eigenvalue weighted by molar-refractivity contribution is 9.10. The number of nitrogens with one attached hydrogen (secondary N) is 1. The average molecular weight is 369 g/mol. The molecule has 0 aliphatic carbocycles. The summed E-state index contributed by atoms with van der Waals surface area (Å²) in [5.74, 6) is -0.111. The van der Waals surface area contributed by atoms with Crippen LogP contribution in [0.4, 0.5) is 5.69 Å². The topological polar surface area (TPSA) is 76.1 Å². The highest BCUT2D eigenvalue weighted by Gasteiger charge is 2.16. The van der Waals surface area contributed by atoms with Gasteiger partial charge in [-0.1, -0.05) is 12.1 Å². The van der Waals surface area contributed by atoms with Gasteiger partial charge in [-0.3, -0.25) is 9.52 Å². The van der Waals surface area contributed by atoms with Gasteiger partial charge in [0.15, 0.2) is 5.78 Å². The number of benzene rings is 1. The van der Waals surface area contributed by atoms with Gasteiger partial charge < -0.3 is 0 Å². The minimum atomic E-state index is -3.71. The van der Waals surface area contributed by atoms with Crippen molar-refractivity contribution in [2.24, 2.45) is 0 Å². The van der Waals surface area contributed by atoms with Crippen molar-refractivity contribution in [3.63, 3.8) is 0 Å². The number of hydrogen-bond donors (Lipinski definition) is 1. The molecule has 7 heteroatoms. The van der Waals surface area contributed by atoms with Gasteiger partial charge in [0, 0.05) is 5.56 Å². The van der Waals surface area contributed by atoms with Crippen LogP contribution in [0.25, 0.3) is 0 Å². The van der Waals surface area contributed by atoms with Gasteiger partial charge in [-0.2, -0.15) is 0 Å². The Kier molecular flexibility index (Phi) is 4.43. The number of halogens is 1. The summed E-state index contributed by atoms with van der Waals surface area (Å²) in [4.78, 5) is 15.3. The van der Waals surface area contributed by atoms with E-state index in [1.165, 1.54) is 37.4 Å². The van der Waals surface area contributed by atoms with E-state index in [-0.39, 0.29) is 10.7 Å². The van der Waals surface area contributed by atoms with Gasteiger partial charge in [0.2, 0.25) is 0 Å². The number of anilines is 1. The van der Waals surface area contributed by atoms with Crippen molar-refractivity contribution in [2.45, 2.75) is 18.7 Å². The molecule has 21 heavy (non-hydrogen) atoms. The van der Waals surface area contributed by atoms with Crippen molar-refractivity contribution in [3.05, 3.63) is 52.3 Å². The first-order chi connectivity index (χ1) is 9.79. The monoisotopic (exact) mass is 368 g/mol. The molecular weight excluding hydrogens is 356 g/mol. The number of rotatable bonds is 4. The molecule has 1 N–H and O–H groups in total. The van der Waals surface area contributed by atoms with Crippen molar-refractivity contribution < 1.29 is 13.2 Å². The molecule has 5 nitrogen and oxygen atoms in total. The van der Waals surface area contributed by atoms with Gasteiger partial charge in [-0.15, -0.1) is 0 Å². The Bertz CT molecular complexity index is 786. The number of carbonyl (C=O) groups excluding carboxylic acids is 1. The summed E-state index contributed by atoms with van der Waals surface area (Å²) in [5.41, 5.74) is 1.63. The molecule has 1 heterocycles. The standard InChI is InChI=1S/C14H13BrN2O3S/c1-9-7-14(15)16-8-13(9)17-21(19,20)12-5-3-11(4-6-12)10(2)18/h3-8,17H,1-2H3. The Hall–Kier alpha value is -1.73. The fraction of sp³-hybridized carbons (Fsp3) is 0.143. The van der Waals surface area contributed by atoms with E-state index >= 15 is 0 Å². The van der Waals surface area contributed by atoms with E-state index in [1.807, 2.05) is 0 Å². The SMILES string of the molecule is CC(=O)c1ccc(S(=O)(=O)Nc2cnc(Br)cc2C)cc1. The van der Waals surface area contributed by atoms with E-state index in [0.717, 1.165) is 5.56 Å². The van der Waals surface area contributed by atoms with E-state index in [0.29, 0.717) is 15.9 Å². The fourth-order valence-corrected chi connectivity index (χ4v) is 3.26. The third-order valence-electron chi connectivity index (χ3n) is 2.89. The molecule has 0 unspecified atom stereocenters. The van der Waals surface area contributed by atoms with Gasteiger partial charge >= 0.3 is 0 Å². The number of ketones is 1. The minimum absolute atomic E-state index is 0.0924. The smallest absolute Gasteiger partial charge is 0.261 e. The Morgan fingerprint density at radius 2 is 1.86 bits per heavy atom. The number of aryl methyl sites for hydroxylation is 1. The first-order valence-electron chi connectivity index (χ1n) is 6.05. The van der Waals surface area contributed by atoms with Crippen LogP contribution in [0.3, 0.4) is 0 Å². The van der Waals surface area contributed by atoms with Gasteiger partial charge in [-0.25, -0.2) is 13.4 Å². The quantitative estimate of drug-likeness (QED) is 0.664. The zero-order valence-corrected chi connectivity index (χ0v) is 13.8. The lowest BCUT2D eigenvalue weighted by Crippen LogP contribution is -2.14. The fourth-order valence-electron chi connectivity index (χ4n) is 1.70. The van der Waals surface area contributed by atoms with Crippen LogP contribution in [0.2, 0.25) is 0 Å². The third kappa shape index (κ3) is 3.68. The molecule has 110 valence electrons. The van der Waals surface area contributed by atoms with Crippen molar-refractivity contribution in [1.82, 2.24) is 4.98 Å². The van der Waals surface area contributed by atoms with Gasteiger partial charge in [-0.05, 0) is 53.5 Å². The maximum absolute atomic E-state index is 12.3. The molecule has 1 aromatic carbocycles. The van der Waals surface area contributed by atoms with Crippen LogP contribution >= 0.6 is 15.9 Å². The summed E-state index contributed by atoms with van der Waals surface area (Å²) < 4.78 is 27.7. The second-order valence-electron chi connectivity index (χ2n) is 4.51. The van der Waals surface area contributed by atoms with E-state index in [2.05, 4.69) is 25.6 Å². The first kappa shape index (κ1) is 15.7. The number of aromatic nitrogens is 1. The minimum Gasteiger partial charge on any atom is -0.295 e. The van der Waals surface area contributed by atoms with Crippen molar-refractivity contribution in [3.8, 4) is 0 Å². The number of hydrogen-bond acceptors (Lipinski definition) is 4. The number of pyridine rings is 1. The molecule has 1 aromatic heterocycles. The molecule has 2 rings (SSSR count). The van der Waals surface area contributed by atoms with E-state index in [1.54, 1.807) is 13.0 Å². The maximum atomic E-state index is 12.3. The number of nitrogens with zero attached hydrogens (tertiary/aromatic N) is 1. The molecule has 0 atom stereocenters. The Morgan fingerprint density at radius 1 is 1.24 bits per heavy atom. The van der Waals surface area contributed by atoms with E-state index in [9.17, 15) is 13.2 Å². The van der Waals surface area contributed by atoms with Crippen molar-refractivity contribution in [1.29, 1.82) is 0 Å². The first-order valence-corrected chi connectivity index (χ1v) is 8.33. The lowest BCUT2D eigenvalue weighted by molar-refractivity contribution is 0.101. The third-order valence-corrected chi connectivity index (χ3v) is 4.71. The lowest BCUT2D eigenvalue weighted by atomic mass is 10.2. The Morgan fingerprint density at radius 3 is 2.38 bits per heavy atom. The van der Waals surface area contributed by atoms with Crippen LogP contribution < -0.4 is 4.72 Å². The number of sulfonamides is 1. The van der Waals surface area contributed by atoms with Crippen molar-refractivity contribution >= 4 is 37.4 Å². The summed E-state index contributed by atoms with van der Waals surface area (Å²) in [5, 5.41) is 0. The van der Waals surface area contributed by atoms with Crippen LogP contribution in [0.1, 0.15) is 22.8 Å². The maximum Gasteiger partial charge on any atom is 0.261 e. The van der Waals surface area contributed by atoms with Crippen LogP contribution in [-0.4, -0.2) is 19.2 Å². The molecule has 2 aromatic rings. The highest BCUT2D eigenvalue weighted by atomic mass is 79.9. The van der Waals surface area contributed by atoms with E-state index < -0.39 is 10.0 Å². The molecule has 0 aliphatic rings. The predicted molar refractivity (Wildman–Crippen MR) is 83.9 cm³/mol. The summed E-state index contributed by atoms with van der Waals surface area (Å²) in [6.07, 6.45) is 1.45. The Balaban J connectivity index is 2.31. The second kappa shape index (κ2) is 5.95. The lowest BCUT2D eigenvalue weighted by Gasteiger charge is -2.10. The number of carbonyl (C=O) groups is 1. The van der Waals surface area contributed by atoms with E-state index in [4.69, 9.17) is 0 Å². The molecule has 0 fully saturated rings. The summed E-state index contributed by atoms with van der Waals surface area (Å²) in [7, 11) is -3.71. The molecular formula is C14H13BrN2O3S. The Labute approximate surface area is 131 Å². The van der Waals surface area contributed by atoms with Gasteiger partial charge in [0.1, 0.15) is 4.60 Å². The molecule has 0 spiro atoms. The molecule has 0 saturated heterocycles. The van der Waals surface area contributed by atoms with Crippen molar-refractivity contribution in [2.75, 3.05) is 4.72 Å². The highest BCUT2D eigenvalue weighted by Crippen LogP contribution is 2.21. The summed E-state index contributed by atoms with van der Waals surface area (Å²) in [6.45, 7) is 3.21. The van der Waals surface area contributed by atoms with Crippen LogP contribution in [0.15, 0.2) is 46.0 Å². The average Bonchev–Trinajstić information content (AvgIpc) is 2.42. The molecule has 0 amide bonds. The van der Waals surface area contributed by atoms with Gasteiger partial charge in [0.05, 0.1) is 16.8 Å². The van der Waals surface area contributed by atoms with Gasteiger partial charge in [0.25, 0.3) is 10.0 Å². The molecule has 0 saturated carbocycles. The predicted octanol–water partition coefficient (Wildman–Crippen LogP) is 3.16. The normalized spacial score (nSPS) is 11.2. The second-order valence-corrected chi connectivity index (χ2v) is 7.00. The van der Waals surface area contributed by atoms with Crippen LogP contribution in [-0.2, 0) is 10.0 Å². The number of Topliss-reactive ketones (excluding diaryl/α,β-unsaturated/α-hetero) is 1. The molecule has 0 aliphatic heterocycles. The largest absolute Gasteiger partial charge is 0.295 e. The zero-order chi connectivity index (χ0) is 15.6. The summed E-state index contributed by atoms with van der Waals surface area (Å²) in [6, 6.07) is 7.51.